The van der Waals surface area contributed by atoms with E-state index in [9.17, 15) is 28.8 Å². The number of nitrogens with one attached hydrogen (secondary N) is 3. The second kappa shape index (κ2) is 16.3. The Hall–Kier alpha value is -6.34. The molecule has 7 heterocycles. The van der Waals surface area contributed by atoms with E-state index >= 15 is 4.39 Å². The van der Waals surface area contributed by atoms with Crippen LogP contribution in [0.3, 0.4) is 0 Å². The average molecular weight is 857 g/mol. The quantitative estimate of drug-likeness (QED) is 0.196. The number of halogens is 2. The summed E-state index contributed by atoms with van der Waals surface area (Å²) in [5.41, 5.74) is 1.13. The molecule has 0 radical (unpaired) electrons. The van der Waals surface area contributed by atoms with Crippen molar-refractivity contribution in [1.82, 2.24) is 35.0 Å². The molecule has 3 N–H and O–H groups in total. The molecule has 9 rings (SSSR count). The maximum absolute atomic E-state index is 15.5. The van der Waals surface area contributed by atoms with Crippen LogP contribution >= 0.6 is 11.6 Å². The van der Waals surface area contributed by atoms with Gasteiger partial charge in [0.1, 0.15) is 29.2 Å². The number of anilines is 4. The number of nitrogens with zero attached hydrogens (tertiary/aromatic N) is 7. The summed E-state index contributed by atoms with van der Waals surface area (Å²) in [6, 6.07) is 6.61. The van der Waals surface area contributed by atoms with Gasteiger partial charge in [0.05, 0.1) is 35.1 Å². The molecular weight excluding hydrogens is 815 g/mol. The Bertz CT molecular complexity index is 2560. The van der Waals surface area contributed by atoms with Crippen molar-refractivity contribution in [2.75, 3.05) is 81.2 Å². The molecule has 3 fully saturated rings. The first kappa shape index (κ1) is 40.1. The van der Waals surface area contributed by atoms with E-state index in [0.29, 0.717) is 77.8 Å². The number of rotatable bonds is 10. The monoisotopic (exact) mass is 856 g/mol. The average Bonchev–Trinajstić information content (AvgIpc) is 3.49. The van der Waals surface area contributed by atoms with Gasteiger partial charge < -0.3 is 29.9 Å². The van der Waals surface area contributed by atoms with Crippen LogP contribution in [0.4, 0.5) is 27.5 Å². The lowest BCUT2D eigenvalue weighted by Crippen LogP contribution is -2.54. The molecule has 18 nitrogen and oxygen atoms in total. The van der Waals surface area contributed by atoms with Crippen molar-refractivity contribution >= 4 is 75.2 Å². The van der Waals surface area contributed by atoms with E-state index in [1.54, 1.807) is 22.9 Å². The first-order valence-corrected chi connectivity index (χ1v) is 20.6. The van der Waals surface area contributed by atoms with Crippen molar-refractivity contribution in [1.29, 1.82) is 0 Å². The number of carbonyl (C=O) groups is 5. The van der Waals surface area contributed by atoms with Crippen LogP contribution in [0.5, 0.6) is 11.5 Å². The van der Waals surface area contributed by atoms with Crippen LogP contribution in [0.25, 0.3) is 10.9 Å². The fourth-order valence-corrected chi connectivity index (χ4v) is 8.87. The van der Waals surface area contributed by atoms with Gasteiger partial charge in [-0.2, -0.15) is 4.98 Å². The highest BCUT2D eigenvalue weighted by molar-refractivity contribution is 6.33. The molecule has 318 valence electrons. The molecule has 2 aromatic heterocycles. The van der Waals surface area contributed by atoms with Gasteiger partial charge >= 0.3 is 0 Å². The second-order valence-corrected chi connectivity index (χ2v) is 16.1. The lowest BCUT2D eigenvalue weighted by atomic mass is 9.95. The van der Waals surface area contributed by atoms with Crippen molar-refractivity contribution in [3.05, 3.63) is 68.8 Å². The number of piperazine rings is 1. The second-order valence-electron chi connectivity index (χ2n) is 15.7. The van der Waals surface area contributed by atoms with E-state index in [2.05, 4.69) is 30.7 Å². The van der Waals surface area contributed by atoms with Gasteiger partial charge in [-0.1, -0.05) is 11.6 Å². The van der Waals surface area contributed by atoms with Gasteiger partial charge in [0, 0.05) is 76.4 Å². The fraction of sp³-hybridized carbons (Fsp3) is 0.415. The standard InChI is InChI=1S/C41H42ClFN10O8/c1-44-34(55)21-61-32-15-23-14-24(16-31-35(23)52(40(32)59)12-13-60-31)46-36-27(42)19-45-41(48-36)51-10-8-49(9-11-51)20-22-4-6-50(7-5-22)30-18-26-25(17-28(30)43)38(57)53(39(26)58)29-2-3-33(54)47-37(29)56/h14-19,22,29H,2-13,20-21H2,1H3,(H,44,55)(H,45,46,48)(H,47,54,56). The molecule has 4 aromatic rings. The van der Waals surface area contributed by atoms with E-state index in [1.807, 2.05) is 11.0 Å². The number of fused-ring (bicyclic) bond motifs is 1. The predicted octanol–water partition coefficient (Wildman–Crippen LogP) is 2.28. The molecule has 3 saturated heterocycles. The Balaban J connectivity index is 0.806. The van der Waals surface area contributed by atoms with E-state index < -0.39 is 35.5 Å². The van der Waals surface area contributed by atoms with Gasteiger partial charge in [-0.05, 0) is 49.4 Å². The number of piperidine rings is 2. The zero-order chi connectivity index (χ0) is 42.5. The molecule has 0 saturated carbocycles. The van der Waals surface area contributed by atoms with Crippen LogP contribution in [0.1, 0.15) is 46.4 Å². The number of hydrogen-bond acceptors (Lipinski definition) is 14. The van der Waals surface area contributed by atoms with Crippen molar-refractivity contribution in [2.24, 2.45) is 5.92 Å². The third kappa shape index (κ3) is 7.67. The number of amides is 5. The van der Waals surface area contributed by atoms with Gasteiger partial charge in [0.2, 0.25) is 17.8 Å². The van der Waals surface area contributed by atoms with E-state index in [1.165, 1.54) is 13.1 Å². The highest BCUT2D eigenvalue weighted by atomic mass is 35.5. The van der Waals surface area contributed by atoms with Crippen molar-refractivity contribution in [3.63, 3.8) is 0 Å². The van der Waals surface area contributed by atoms with Crippen LogP contribution in [-0.2, 0) is 20.9 Å². The summed E-state index contributed by atoms with van der Waals surface area (Å²) in [6.45, 7) is 5.29. The Morgan fingerprint density at radius 2 is 1.70 bits per heavy atom. The topological polar surface area (TPSA) is 201 Å². The number of aromatic nitrogens is 3. The number of ether oxygens (including phenoxy) is 2. The largest absolute Gasteiger partial charge is 0.489 e. The Morgan fingerprint density at radius 1 is 0.951 bits per heavy atom. The maximum Gasteiger partial charge on any atom is 0.293 e. The molecule has 20 heteroatoms. The summed E-state index contributed by atoms with van der Waals surface area (Å²) >= 11 is 6.59. The Kier molecular flexibility index (Phi) is 10.7. The minimum absolute atomic E-state index is 0.00513. The molecule has 1 atom stereocenters. The third-order valence-corrected chi connectivity index (χ3v) is 12.2. The van der Waals surface area contributed by atoms with E-state index in [4.69, 9.17) is 26.1 Å². The van der Waals surface area contributed by atoms with Gasteiger partial charge in [-0.25, -0.2) is 9.37 Å². The van der Waals surface area contributed by atoms with E-state index in [-0.39, 0.29) is 60.1 Å². The predicted molar refractivity (Wildman–Crippen MR) is 220 cm³/mol. The Morgan fingerprint density at radius 3 is 2.44 bits per heavy atom. The number of imide groups is 2. The molecule has 0 aliphatic carbocycles. The summed E-state index contributed by atoms with van der Waals surface area (Å²) in [6.07, 6.45) is 3.21. The van der Waals surface area contributed by atoms with Crippen LogP contribution in [0.2, 0.25) is 5.02 Å². The van der Waals surface area contributed by atoms with Gasteiger partial charge in [0.25, 0.3) is 23.3 Å². The number of hydrogen-bond donors (Lipinski definition) is 3. The van der Waals surface area contributed by atoms with Gasteiger partial charge in [-0.3, -0.25) is 48.5 Å². The number of likely N-dealkylation sites (N-methyl/N-ethyl adjacent to an activating group) is 1. The van der Waals surface area contributed by atoms with Crippen LogP contribution < -0.4 is 40.8 Å². The van der Waals surface area contributed by atoms with Crippen LogP contribution in [-0.4, -0.2) is 126 Å². The molecule has 1 unspecified atom stereocenters. The molecule has 0 spiro atoms. The maximum atomic E-state index is 15.5. The SMILES string of the molecule is CNC(=O)COc1cc2cc(Nc3nc(N4CCN(CC5CCN(c6cc7c(cc6F)C(=O)N(C6CCC(=O)NC6=O)C7=O)CC5)CC4)ncc3Cl)cc3c2n(c1=O)CCO3. The molecule has 0 bridgehead atoms. The number of carbonyl (C=O) groups excluding carboxylic acids is 5. The van der Waals surface area contributed by atoms with Gasteiger partial charge in [0.15, 0.2) is 18.2 Å². The summed E-state index contributed by atoms with van der Waals surface area (Å²) in [4.78, 5) is 92.1. The van der Waals surface area contributed by atoms with Crippen molar-refractivity contribution in [3.8, 4) is 11.5 Å². The number of pyridine rings is 1. The highest BCUT2D eigenvalue weighted by Crippen LogP contribution is 2.37. The molecule has 2 aromatic carbocycles. The highest BCUT2D eigenvalue weighted by Gasteiger charge is 2.45. The normalized spacial score (nSPS) is 19.5. The number of benzene rings is 2. The molecular formula is C41H42ClFN10O8. The Labute approximate surface area is 352 Å². The smallest absolute Gasteiger partial charge is 0.293 e. The fourth-order valence-electron chi connectivity index (χ4n) is 8.74. The lowest BCUT2D eigenvalue weighted by molar-refractivity contribution is -0.136. The van der Waals surface area contributed by atoms with Crippen molar-refractivity contribution < 1.29 is 37.8 Å². The first-order valence-electron chi connectivity index (χ1n) is 20.2. The summed E-state index contributed by atoms with van der Waals surface area (Å²) < 4.78 is 28.6. The first-order chi connectivity index (χ1) is 29.4. The van der Waals surface area contributed by atoms with Gasteiger partial charge in [-0.15, -0.1) is 0 Å². The van der Waals surface area contributed by atoms with Crippen LogP contribution in [0.15, 0.2) is 41.3 Å². The molecule has 5 aliphatic rings. The lowest BCUT2D eigenvalue weighted by Gasteiger charge is -2.39. The molecule has 5 amide bonds. The summed E-state index contributed by atoms with van der Waals surface area (Å²) in [5.74, 6) is -1.67. The summed E-state index contributed by atoms with van der Waals surface area (Å²) in [7, 11) is 1.49. The molecule has 61 heavy (non-hydrogen) atoms. The van der Waals surface area contributed by atoms with Crippen LogP contribution in [0, 0.1) is 11.7 Å². The van der Waals surface area contributed by atoms with E-state index in [0.717, 1.165) is 43.4 Å². The summed E-state index contributed by atoms with van der Waals surface area (Å²) in [5, 5.41) is 8.94. The minimum Gasteiger partial charge on any atom is -0.489 e. The minimum atomic E-state index is -1.11. The zero-order valence-corrected chi connectivity index (χ0v) is 33.9. The third-order valence-electron chi connectivity index (χ3n) is 12.0. The van der Waals surface area contributed by atoms with Crippen molar-refractivity contribution in [2.45, 2.75) is 38.3 Å². The molecule has 5 aliphatic heterocycles. The zero-order valence-electron chi connectivity index (χ0n) is 33.2.